The smallest absolute Gasteiger partial charge is 0.328 e. The summed E-state index contributed by atoms with van der Waals surface area (Å²) in [6.45, 7) is 5.31. The predicted molar refractivity (Wildman–Crippen MR) is 78.5 cm³/mol. The van der Waals surface area contributed by atoms with E-state index in [0.29, 0.717) is 17.9 Å². The molecule has 1 fully saturated rings. The molecular weight excluding hydrogens is 272 g/mol. The number of nitrogens with zero attached hydrogens (tertiary/aromatic N) is 1. The molecule has 0 spiro atoms. The molecule has 0 amide bonds. The zero-order chi connectivity index (χ0) is 15.2. The number of ether oxygens (including phenoxy) is 2. The molecule has 0 radical (unpaired) electrons. The lowest BCUT2D eigenvalue weighted by Gasteiger charge is -2.33. The van der Waals surface area contributed by atoms with Gasteiger partial charge in [-0.15, -0.1) is 0 Å². The largest absolute Gasteiger partial charge is 0.504 e. The molecule has 2 N–H and O–H groups in total. The van der Waals surface area contributed by atoms with E-state index < -0.39 is 6.04 Å². The summed E-state index contributed by atoms with van der Waals surface area (Å²) in [6, 6.07) is 4.54. The molecule has 1 heterocycles. The zero-order valence-corrected chi connectivity index (χ0v) is 12.5. The minimum absolute atomic E-state index is 0.0273. The Morgan fingerprint density at radius 2 is 2.14 bits per heavy atom. The number of esters is 1. The molecule has 1 unspecified atom stereocenters. The lowest BCUT2D eigenvalue weighted by molar-refractivity contribution is -0.150. The van der Waals surface area contributed by atoms with Crippen LogP contribution in [0.5, 0.6) is 11.5 Å². The van der Waals surface area contributed by atoms with Gasteiger partial charge in [0.25, 0.3) is 0 Å². The minimum atomic E-state index is -0.496. The molecule has 2 rings (SSSR count). The highest BCUT2D eigenvalue weighted by Crippen LogP contribution is 2.31. The summed E-state index contributed by atoms with van der Waals surface area (Å²) >= 11 is 0. The maximum atomic E-state index is 12.3. The van der Waals surface area contributed by atoms with E-state index in [0.717, 1.165) is 26.2 Å². The summed E-state index contributed by atoms with van der Waals surface area (Å²) in [5.41, 5.74) is 0.716. The van der Waals surface area contributed by atoms with Gasteiger partial charge in [0.05, 0.1) is 13.7 Å². The van der Waals surface area contributed by atoms with Crippen LogP contribution in [-0.4, -0.2) is 55.9 Å². The van der Waals surface area contributed by atoms with Crippen LogP contribution in [0.25, 0.3) is 0 Å². The van der Waals surface area contributed by atoms with Crippen molar-refractivity contribution in [2.24, 2.45) is 0 Å². The number of carbonyl (C=O) groups is 1. The van der Waals surface area contributed by atoms with E-state index in [1.807, 2.05) is 0 Å². The van der Waals surface area contributed by atoms with Crippen molar-refractivity contribution in [1.29, 1.82) is 0 Å². The number of hydrogen-bond donors (Lipinski definition) is 2. The fourth-order valence-electron chi connectivity index (χ4n) is 2.53. The van der Waals surface area contributed by atoms with Gasteiger partial charge in [-0.2, -0.15) is 0 Å². The van der Waals surface area contributed by atoms with Crippen LogP contribution in [0.3, 0.4) is 0 Å². The lowest BCUT2D eigenvalue weighted by Crippen LogP contribution is -2.47. The molecule has 116 valence electrons. The Morgan fingerprint density at radius 1 is 1.43 bits per heavy atom. The van der Waals surface area contributed by atoms with Gasteiger partial charge in [-0.05, 0) is 24.6 Å². The standard InChI is InChI=1S/C15H22N2O4/c1-3-21-15(19)14(17-8-6-16-7-9-17)11-4-5-13(20-2)12(18)10-11/h4-5,10,14,16,18H,3,6-9H2,1-2H3. The number of hydrogen-bond acceptors (Lipinski definition) is 6. The first kappa shape index (κ1) is 15.6. The number of rotatable bonds is 5. The van der Waals surface area contributed by atoms with Gasteiger partial charge in [0.1, 0.15) is 6.04 Å². The van der Waals surface area contributed by atoms with E-state index in [-0.39, 0.29) is 11.7 Å². The Hall–Kier alpha value is -1.79. The van der Waals surface area contributed by atoms with Crippen LogP contribution in [0.1, 0.15) is 18.5 Å². The van der Waals surface area contributed by atoms with Crippen molar-refractivity contribution in [2.75, 3.05) is 39.9 Å². The number of phenolic OH excluding ortho intramolecular Hbond substituents is 1. The van der Waals surface area contributed by atoms with Crippen molar-refractivity contribution >= 4 is 5.97 Å². The number of benzene rings is 1. The number of carbonyl (C=O) groups excluding carboxylic acids is 1. The van der Waals surface area contributed by atoms with Gasteiger partial charge in [-0.25, -0.2) is 4.79 Å². The average molecular weight is 294 g/mol. The monoisotopic (exact) mass is 294 g/mol. The van der Waals surface area contributed by atoms with E-state index in [9.17, 15) is 9.90 Å². The van der Waals surface area contributed by atoms with Gasteiger partial charge in [-0.1, -0.05) is 6.07 Å². The van der Waals surface area contributed by atoms with E-state index in [2.05, 4.69) is 10.2 Å². The second kappa shape index (κ2) is 7.28. The quantitative estimate of drug-likeness (QED) is 0.787. The molecule has 6 nitrogen and oxygen atoms in total. The summed E-state index contributed by atoms with van der Waals surface area (Å²) in [6.07, 6.45) is 0. The number of piperazine rings is 1. The Kier molecular flexibility index (Phi) is 5.41. The van der Waals surface area contributed by atoms with Crippen LogP contribution in [0, 0.1) is 0 Å². The molecule has 21 heavy (non-hydrogen) atoms. The summed E-state index contributed by atoms with van der Waals surface area (Å²) in [7, 11) is 1.49. The van der Waals surface area contributed by atoms with Gasteiger partial charge in [0.15, 0.2) is 11.5 Å². The molecular formula is C15H22N2O4. The molecule has 1 aromatic carbocycles. The predicted octanol–water partition coefficient (Wildman–Crippen LogP) is 0.910. The highest BCUT2D eigenvalue weighted by molar-refractivity contribution is 5.78. The van der Waals surface area contributed by atoms with Gasteiger partial charge < -0.3 is 19.9 Å². The number of phenols is 1. The normalized spacial score (nSPS) is 17.2. The molecule has 1 aliphatic rings. The Balaban J connectivity index is 2.29. The molecule has 0 aromatic heterocycles. The maximum Gasteiger partial charge on any atom is 0.328 e. The van der Waals surface area contributed by atoms with Crippen LogP contribution in [-0.2, 0) is 9.53 Å². The van der Waals surface area contributed by atoms with Crippen LogP contribution in [0.2, 0.25) is 0 Å². The molecule has 6 heteroatoms. The van der Waals surface area contributed by atoms with Crippen LogP contribution < -0.4 is 10.1 Å². The summed E-state index contributed by atoms with van der Waals surface area (Å²) in [5, 5.41) is 13.2. The van der Waals surface area contributed by atoms with Crippen molar-refractivity contribution in [1.82, 2.24) is 10.2 Å². The topological polar surface area (TPSA) is 71.0 Å². The van der Waals surface area contributed by atoms with E-state index in [4.69, 9.17) is 9.47 Å². The molecule has 0 bridgehead atoms. The second-order valence-electron chi connectivity index (χ2n) is 4.87. The number of aromatic hydroxyl groups is 1. The summed E-state index contributed by atoms with van der Waals surface area (Å²) in [5.74, 6) is 0.130. The molecule has 1 saturated heterocycles. The second-order valence-corrected chi connectivity index (χ2v) is 4.87. The lowest BCUT2D eigenvalue weighted by atomic mass is 10.0. The summed E-state index contributed by atoms with van der Waals surface area (Å²) < 4.78 is 10.2. The van der Waals surface area contributed by atoms with Crippen LogP contribution >= 0.6 is 0 Å². The first-order valence-electron chi connectivity index (χ1n) is 7.15. The Labute approximate surface area is 124 Å². The molecule has 1 atom stereocenters. The van der Waals surface area contributed by atoms with Gasteiger partial charge >= 0.3 is 5.97 Å². The van der Waals surface area contributed by atoms with Gasteiger partial charge in [0, 0.05) is 26.2 Å². The SMILES string of the molecule is CCOC(=O)C(c1ccc(OC)c(O)c1)N1CCNCC1. The average Bonchev–Trinajstić information content (AvgIpc) is 2.49. The first-order valence-corrected chi connectivity index (χ1v) is 7.15. The summed E-state index contributed by atoms with van der Waals surface area (Å²) in [4.78, 5) is 14.4. The fourth-order valence-corrected chi connectivity index (χ4v) is 2.53. The third kappa shape index (κ3) is 3.65. The Bertz CT molecular complexity index is 487. The molecule has 1 aliphatic heterocycles. The maximum absolute atomic E-state index is 12.3. The van der Waals surface area contributed by atoms with E-state index in [1.165, 1.54) is 7.11 Å². The minimum Gasteiger partial charge on any atom is -0.504 e. The van der Waals surface area contributed by atoms with E-state index >= 15 is 0 Å². The van der Waals surface area contributed by atoms with Crippen molar-refractivity contribution in [3.63, 3.8) is 0 Å². The fraction of sp³-hybridized carbons (Fsp3) is 0.533. The molecule has 0 aliphatic carbocycles. The van der Waals surface area contributed by atoms with Crippen LogP contribution in [0.4, 0.5) is 0 Å². The van der Waals surface area contributed by atoms with Gasteiger partial charge in [-0.3, -0.25) is 4.90 Å². The highest BCUT2D eigenvalue weighted by Gasteiger charge is 2.30. The first-order chi connectivity index (χ1) is 10.2. The van der Waals surface area contributed by atoms with Crippen molar-refractivity contribution in [2.45, 2.75) is 13.0 Å². The van der Waals surface area contributed by atoms with Crippen molar-refractivity contribution < 1.29 is 19.4 Å². The van der Waals surface area contributed by atoms with E-state index in [1.54, 1.807) is 25.1 Å². The van der Waals surface area contributed by atoms with Crippen molar-refractivity contribution in [3.8, 4) is 11.5 Å². The van der Waals surface area contributed by atoms with Crippen molar-refractivity contribution in [3.05, 3.63) is 23.8 Å². The highest BCUT2D eigenvalue weighted by atomic mass is 16.5. The zero-order valence-electron chi connectivity index (χ0n) is 12.5. The third-order valence-electron chi connectivity index (χ3n) is 3.55. The number of nitrogens with one attached hydrogen (secondary N) is 1. The number of methoxy groups -OCH3 is 1. The Morgan fingerprint density at radius 3 is 2.71 bits per heavy atom. The van der Waals surface area contributed by atoms with Crippen LogP contribution in [0.15, 0.2) is 18.2 Å². The van der Waals surface area contributed by atoms with Gasteiger partial charge in [0.2, 0.25) is 0 Å². The molecule has 1 aromatic rings. The third-order valence-corrected chi connectivity index (χ3v) is 3.55. The molecule has 0 saturated carbocycles.